The molecule has 6 nitrogen and oxygen atoms in total. The number of halogens is 1. The average Bonchev–Trinajstić information content (AvgIpc) is 2.19. The number of hydrogen-bond acceptors (Lipinski definition) is 5. The highest BCUT2D eigenvalue weighted by Crippen LogP contribution is 2.08. The third-order valence-electron chi connectivity index (χ3n) is 1.88. The van der Waals surface area contributed by atoms with E-state index in [2.05, 4.69) is 31.2 Å². The van der Waals surface area contributed by atoms with Gasteiger partial charge in [-0.25, -0.2) is 18.4 Å². The Morgan fingerprint density at radius 1 is 1.44 bits per heavy atom. The van der Waals surface area contributed by atoms with Crippen molar-refractivity contribution >= 4 is 37.5 Å². The molecule has 0 bridgehead atoms. The first-order chi connectivity index (χ1) is 7.30. The molecule has 0 aliphatic carbocycles. The van der Waals surface area contributed by atoms with Crippen LogP contribution in [0.4, 0.5) is 5.82 Å². The van der Waals surface area contributed by atoms with Crippen molar-refractivity contribution in [3.8, 4) is 0 Å². The normalized spacial score (nSPS) is 13.2. The second-order valence-corrected chi connectivity index (χ2v) is 6.36. The number of sulfone groups is 1. The third kappa shape index (κ3) is 3.53. The smallest absolute Gasteiger partial charge is 0.243 e. The van der Waals surface area contributed by atoms with Gasteiger partial charge < -0.3 is 5.32 Å². The van der Waals surface area contributed by atoms with Crippen LogP contribution in [-0.4, -0.2) is 35.8 Å². The number of hydrogen-bond donors (Lipinski definition) is 1. The third-order valence-corrected chi connectivity index (χ3v) is 3.79. The summed E-state index contributed by atoms with van der Waals surface area (Å²) in [7, 11) is -3.40. The quantitative estimate of drug-likeness (QED) is 0.884. The molecule has 0 spiro atoms. The van der Waals surface area contributed by atoms with E-state index in [-0.39, 0.29) is 5.82 Å². The summed E-state index contributed by atoms with van der Waals surface area (Å²) in [5, 5.41) is 1.25. The predicted octanol–water partition coefficient (Wildman–Crippen LogP) is 0.611. The van der Waals surface area contributed by atoms with Gasteiger partial charge in [0.25, 0.3) is 0 Å². The average molecular weight is 308 g/mol. The number of anilines is 1. The van der Waals surface area contributed by atoms with Crippen molar-refractivity contribution in [3.05, 3.63) is 17.0 Å². The van der Waals surface area contributed by atoms with E-state index in [9.17, 15) is 13.2 Å². The van der Waals surface area contributed by atoms with E-state index >= 15 is 0 Å². The minimum Gasteiger partial charge on any atom is -0.308 e. The van der Waals surface area contributed by atoms with E-state index in [1.165, 1.54) is 19.3 Å². The predicted molar refractivity (Wildman–Crippen MR) is 62.7 cm³/mol. The highest BCUT2D eigenvalue weighted by Gasteiger charge is 2.23. The van der Waals surface area contributed by atoms with Crippen molar-refractivity contribution in [2.75, 3.05) is 11.6 Å². The van der Waals surface area contributed by atoms with Gasteiger partial charge in [0.15, 0.2) is 15.7 Å². The van der Waals surface area contributed by atoms with Gasteiger partial charge in [0, 0.05) is 6.26 Å². The summed E-state index contributed by atoms with van der Waals surface area (Å²) in [6, 6.07) is 0. The van der Waals surface area contributed by atoms with Crippen molar-refractivity contribution in [2.45, 2.75) is 12.2 Å². The largest absolute Gasteiger partial charge is 0.308 e. The van der Waals surface area contributed by atoms with Crippen LogP contribution in [0.3, 0.4) is 0 Å². The van der Waals surface area contributed by atoms with E-state index in [0.29, 0.717) is 4.60 Å². The number of nitrogens with zero attached hydrogens (tertiary/aromatic N) is 2. The lowest BCUT2D eigenvalue weighted by molar-refractivity contribution is -0.115. The molecular weight excluding hydrogens is 298 g/mol. The Morgan fingerprint density at radius 3 is 2.50 bits per heavy atom. The molecule has 16 heavy (non-hydrogen) atoms. The number of carbonyl (C=O) groups excluding carboxylic acids is 1. The second kappa shape index (κ2) is 4.88. The first kappa shape index (κ1) is 13.0. The van der Waals surface area contributed by atoms with Gasteiger partial charge in [0.2, 0.25) is 5.91 Å². The summed E-state index contributed by atoms with van der Waals surface area (Å²) >= 11 is 3.09. The highest BCUT2D eigenvalue weighted by atomic mass is 79.9. The van der Waals surface area contributed by atoms with Crippen LogP contribution < -0.4 is 5.32 Å². The van der Waals surface area contributed by atoms with Crippen LogP contribution in [0.5, 0.6) is 0 Å². The van der Waals surface area contributed by atoms with Gasteiger partial charge in [0.05, 0.1) is 12.4 Å². The van der Waals surface area contributed by atoms with Crippen LogP contribution in [0, 0.1) is 0 Å². The fourth-order valence-corrected chi connectivity index (χ4v) is 1.45. The van der Waals surface area contributed by atoms with E-state index in [0.717, 1.165) is 6.26 Å². The molecule has 0 aliphatic rings. The van der Waals surface area contributed by atoms with E-state index in [1.54, 1.807) is 0 Å². The molecule has 1 amide bonds. The molecule has 1 aromatic rings. The number of rotatable bonds is 3. The maximum atomic E-state index is 11.5. The molecule has 1 N–H and O–H groups in total. The lowest BCUT2D eigenvalue weighted by Crippen LogP contribution is -2.32. The van der Waals surface area contributed by atoms with Crippen LogP contribution in [0.25, 0.3) is 0 Å². The van der Waals surface area contributed by atoms with Gasteiger partial charge in [-0.05, 0) is 22.9 Å². The summed E-state index contributed by atoms with van der Waals surface area (Å²) in [6.07, 6.45) is 3.74. The lowest BCUT2D eigenvalue weighted by Gasteiger charge is -2.09. The Kier molecular flexibility index (Phi) is 3.98. The summed E-state index contributed by atoms with van der Waals surface area (Å²) < 4.78 is 22.8. The highest BCUT2D eigenvalue weighted by molar-refractivity contribution is 9.10. The monoisotopic (exact) mass is 307 g/mol. The lowest BCUT2D eigenvalue weighted by atomic mass is 10.4. The van der Waals surface area contributed by atoms with Crippen molar-refractivity contribution in [1.82, 2.24) is 9.97 Å². The SMILES string of the molecule is CC(C(=O)Nc1cnc(Br)cn1)S(C)(=O)=O. The van der Waals surface area contributed by atoms with Crippen LogP contribution in [-0.2, 0) is 14.6 Å². The molecule has 0 saturated carbocycles. The maximum Gasteiger partial charge on any atom is 0.243 e. The van der Waals surface area contributed by atoms with Crippen molar-refractivity contribution in [3.63, 3.8) is 0 Å². The molecule has 1 atom stereocenters. The van der Waals surface area contributed by atoms with Crippen molar-refractivity contribution < 1.29 is 13.2 Å². The molecule has 0 saturated heterocycles. The molecule has 0 aliphatic heterocycles. The molecule has 0 aromatic carbocycles. The molecule has 1 heterocycles. The van der Waals surface area contributed by atoms with E-state index in [1.807, 2.05) is 0 Å². The molecule has 1 aromatic heterocycles. The van der Waals surface area contributed by atoms with Gasteiger partial charge in [0.1, 0.15) is 9.85 Å². The molecule has 1 rings (SSSR count). The van der Waals surface area contributed by atoms with E-state index in [4.69, 9.17) is 0 Å². The van der Waals surface area contributed by atoms with Crippen LogP contribution in [0.15, 0.2) is 17.0 Å². The molecule has 0 radical (unpaired) electrons. The van der Waals surface area contributed by atoms with Gasteiger partial charge in [-0.3, -0.25) is 4.79 Å². The summed E-state index contributed by atoms with van der Waals surface area (Å²) in [5.41, 5.74) is 0. The molecule has 0 fully saturated rings. The standard InChI is InChI=1S/C8H10BrN3O3S/c1-5(16(2,14)15)8(13)12-7-4-10-6(9)3-11-7/h3-5H,1-2H3,(H,11,12,13). The summed E-state index contributed by atoms with van der Waals surface area (Å²) in [6.45, 7) is 1.32. The first-order valence-corrected chi connectivity index (χ1v) is 7.02. The number of nitrogens with one attached hydrogen (secondary N) is 1. The number of aromatic nitrogens is 2. The molecule has 88 valence electrons. The topological polar surface area (TPSA) is 89.0 Å². The van der Waals surface area contributed by atoms with Crippen LogP contribution in [0.1, 0.15) is 6.92 Å². The zero-order valence-corrected chi connectivity index (χ0v) is 11.0. The van der Waals surface area contributed by atoms with Crippen molar-refractivity contribution in [1.29, 1.82) is 0 Å². The maximum absolute atomic E-state index is 11.5. The zero-order chi connectivity index (χ0) is 12.3. The van der Waals surface area contributed by atoms with E-state index < -0.39 is 21.0 Å². The van der Waals surface area contributed by atoms with Gasteiger partial charge >= 0.3 is 0 Å². The minimum absolute atomic E-state index is 0.212. The summed E-state index contributed by atoms with van der Waals surface area (Å²) in [4.78, 5) is 19.2. The Morgan fingerprint density at radius 2 is 2.06 bits per heavy atom. The van der Waals surface area contributed by atoms with Crippen LogP contribution >= 0.6 is 15.9 Å². The molecule has 1 unspecified atom stereocenters. The van der Waals surface area contributed by atoms with Crippen molar-refractivity contribution in [2.24, 2.45) is 0 Å². The number of carbonyl (C=O) groups is 1. The van der Waals surface area contributed by atoms with Crippen LogP contribution in [0.2, 0.25) is 0 Å². The van der Waals surface area contributed by atoms with Gasteiger partial charge in [-0.1, -0.05) is 0 Å². The summed E-state index contributed by atoms with van der Waals surface area (Å²) in [5.74, 6) is -0.414. The Bertz CT molecular complexity index is 486. The zero-order valence-electron chi connectivity index (χ0n) is 8.64. The Balaban J connectivity index is 2.76. The molecule has 8 heteroatoms. The first-order valence-electron chi connectivity index (χ1n) is 4.28. The fourth-order valence-electron chi connectivity index (χ4n) is 0.799. The molecular formula is C8H10BrN3O3S. The number of amides is 1. The Hall–Kier alpha value is -1.02. The Labute approximate surface area is 102 Å². The van der Waals surface area contributed by atoms with Gasteiger partial charge in [-0.15, -0.1) is 0 Å². The van der Waals surface area contributed by atoms with Gasteiger partial charge in [-0.2, -0.15) is 0 Å². The fraction of sp³-hybridized carbons (Fsp3) is 0.375. The minimum atomic E-state index is -3.40. The second-order valence-electron chi connectivity index (χ2n) is 3.19.